The first-order chi connectivity index (χ1) is 34.7. The molecule has 416 valence electrons. The molecular weight excluding hydrogens is 1010 g/mol. The normalized spacial score (nSPS) is 21.1. The van der Waals surface area contributed by atoms with Gasteiger partial charge in [-0.25, -0.2) is 13.9 Å². The molecule has 1 aromatic rings. The lowest BCUT2D eigenvalue weighted by Gasteiger charge is -2.23. The van der Waals surface area contributed by atoms with Gasteiger partial charge < -0.3 is 55.9 Å². The number of allylic oxidation sites excluding steroid dienone is 7. The molecule has 3 unspecified atom stereocenters. The molecule has 0 saturated carbocycles. The fourth-order valence-electron chi connectivity index (χ4n) is 7.01. The van der Waals surface area contributed by atoms with Crippen molar-refractivity contribution in [2.24, 2.45) is 11.7 Å². The van der Waals surface area contributed by atoms with Gasteiger partial charge in [0.25, 0.3) is 0 Å². The van der Waals surface area contributed by atoms with Gasteiger partial charge in [0, 0.05) is 30.0 Å². The van der Waals surface area contributed by atoms with Crippen molar-refractivity contribution in [3.05, 3.63) is 71.4 Å². The largest absolute Gasteiger partial charge is 0.481 e. The number of thioether (sulfide) groups is 1. The van der Waals surface area contributed by atoms with Crippen LogP contribution in [0.4, 0.5) is 5.82 Å². The fraction of sp³-hybridized carbons (Fsp3) is 0.688. The Balaban J connectivity index is 2.10. The topological polar surface area (TPSA) is 349 Å². The van der Waals surface area contributed by atoms with Gasteiger partial charge in [0.05, 0.1) is 19.3 Å². The first kappa shape index (κ1) is 65.6. The van der Waals surface area contributed by atoms with Gasteiger partial charge >= 0.3 is 39.2 Å². The Kier molecular flexibility index (Phi) is 32.7. The number of unbranched alkanes of at least 4 members (excludes halogenated alkanes) is 8. The smallest absolute Gasteiger partial charge is 0.481 e. The van der Waals surface area contributed by atoms with Crippen LogP contribution >= 0.6 is 27.4 Å². The maximum atomic E-state index is 13.4. The summed E-state index contributed by atoms with van der Waals surface area (Å²) in [6.45, 7) is 3.82. The number of carbonyl (C=O) groups is 3. The Morgan fingerprint density at radius 2 is 1.59 bits per heavy atom. The van der Waals surface area contributed by atoms with E-state index in [2.05, 4.69) is 42.2 Å². The van der Waals surface area contributed by atoms with Crippen LogP contribution in [0.15, 0.2) is 65.7 Å². The summed E-state index contributed by atoms with van der Waals surface area (Å²) in [4.78, 5) is 73.8. The van der Waals surface area contributed by atoms with E-state index in [0.29, 0.717) is 12.3 Å². The molecule has 0 amide bonds. The van der Waals surface area contributed by atoms with Gasteiger partial charge in [-0.15, -0.1) is 11.8 Å². The molecule has 1 aliphatic heterocycles. The Morgan fingerprint density at radius 3 is 2.29 bits per heavy atom. The van der Waals surface area contributed by atoms with Crippen LogP contribution in [0, 0.1) is 5.92 Å². The molecule has 1 aliphatic rings. The van der Waals surface area contributed by atoms with Crippen molar-refractivity contribution in [3.63, 3.8) is 0 Å². The summed E-state index contributed by atoms with van der Waals surface area (Å²) >= 11 is 1.08. The van der Waals surface area contributed by atoms with E-state index >= 15 is 0 Å². The standard InChI is InChI=1S/C48H80N4O18P2S/c1-4-6-7-8-9-10-11-12-13-14-18-21-26-40(38(53)25-23-27-42(54)55)73-34-37(49)47(59)68-36(31-65-43(56)28-22-19-16-15-17-20-24-35(3)5-2)32-66-71(61,62)70-72(63,64)67-33-39-44(57)45(58)46(69-39)52-30-29-41(50)51-48(52)60/h9-10,12-14,18,21,26,29-30,35-40,44-46,53,57-58H,4-8,11,15-17,19-20,22-25,27-28,31-34,49H2,1-3H3,(H,54,55)(H,61,62)(H,63,64)(H2,50,51,60)/b10-9-,13-12-,18-14+,26-21+/t35?,36-,37+,38+,39-,40-,44-,45-,46-/m1/s1. The first-order valence-corrected chi connectivity index (χ1v) is 29.0. The minimum Gasteiger partial charge on any atom is -0.481 e. The van der Waals surface area contributed by atoms with E-state index in [1.807, 2.05) is 18.2 Å². The van der Waals surface area contributed by atoms with Crippen molar-refractivity contribution in [1.82, 2.24) is 9.55 Å². The summed E-state index contributed by atoms with van der Waals surface area (Å²) in [5.41, 5.74) is 10.8. The molecule has 73 heavy (non-hydrogen) atoms. The fourth-order valence-corrected chi connectivity index (χ4v) is 10.2. The second-order valence-electron chi connectivity index (χ2n) is 17.8. The summed E-state index contributed by atoms with van der Waals surface area (Å²) < 4.78 is 56.9. The molecule has 10 N–H and O–H groups in total. The first-order valence-electron chi connectivity index (χ1n) is 25.0. The van der Waals surface area contributed by atoms with Crippen molar-refractivity contribution in [1.29, 1.82) is 0 Å². The Labute approximate surface area is 432 Å². The average Bonchev–Trinajstić information content (AvgIpc) is 3.61. The number of carboxylic acid groups (broad SMARTS) is 1. The van der Waals surface area contributed by atoms with E-state index in [4.69, 9.17) is 39.8 Å². The van der Waals surface area contributed by atoms with E-state index in [1.54, 1.807) is 18.2 Å². The van der Waals surface area contributed by atoms with Crippen LogP contribution < -0.4 is 17.2 Å². The number of esters is 2. The Bertz CT molecular complexity index is 2060. The molecule has 0 bridgehead atoms. The zero-order valence-electron chi connectivity index (χ0n) is 42.3. The van der Waals surface area contributed by atoms with Crippen LogP contribution in [0.2, 0.25) is 0 Å². The number of carboxylic acids is 1. The third-order valence-electron chi connectivity index (χ3n) is 11.5. The minimum atomic E-state index is -5.57. The quantitative estimate of drug-likeness (QED) is 0.0113. The van der Waals surface area contributed by atoms with E-state index in [-0.39, 0.29) is 37.3 Å². The van der Waals surface area contributed by atoms with Crippen molar-refractivity contribution < 1.29 is 81.3 Å². The maximum absolute atomic E-state index is 13.4. The molecule has 1 saturated heterocycles. The molecule has 22 nitrogen and oxygen atoms in total. The Hall–Kier alpha value is -3.54. The monoisotopic (exact) mass is 1090 g/mol. The van der Waals surface area contributed by atoms with Crippen molar-refractivity contribution in [2.45, 2.75) is 178 Å². The van der Waals surface area contributed by atoms with Crippen LogP contribution in [-0.2, 0) is 51.1 Å². The number of rotatable bonds is 40. The molecule has 1 aromatic heterocycles. The number of nitrogens with zero attached hydrogens (tertiary/aromatic N) is 2. The van der Waals surface area contributed by atoms with Gasteiger partial charge in [-0.2, -0.15) is 9.29 Å². The highest BCUT2D eigenvalue weighted by Gasteiger charge is 2.46. The van der Waals surface area contributed by atoms with Gasteiger partial charge in [-0.3, -0.25) is 28.0 Å². The number of aromatic nitrogens is 2. The number of aliphatic carboxylic acids is 1. The molecule has 0 radical (unpaired) electrons. The number of hydrogen-bond acceptors (Lipinski definition) is 19. The number of nitrogens with two attached hydrogens (primary N) is 2. The summed E-state index contributed by atoms with van der Waals surface area (Å²) in [5.74, 6) is -2.35. The number of aliphatic hydroxyl groups excluding tert-OH is 3. The third-order valence-corrected chi connectivity index (χ3v) is 15.5. The number of hydrogen-bond donors (Lipinski definition) is 8. The van der Waals surface area contributed by atoms with Crippen LogP contribution in [0.5, 0.6) is 0 Å². The highest BCUT2D eigenvalue weighted by Crippen LogP contribution is 2.60. The maximum Gasteiger partial charge on any atom is 0.481 e. The number of nitrogen functional groups attached to an aromatic ring is 1. The van der Waals surface area contributed by atoms with Gasteiger partial charge in [0.15, 0.2) is 12.3 Å². The van der Waals surface area contributed by atoms with Crippen molar-refractivity contribution in [2.75, 3.05) is 31.3 Å². The molecule has 0 aromatic carbocycles. The molecule has 2 rings (SSSR count). The van der Waals surface area contributed by atoms with Gasteiger partial charge in [0.2, 0.25) is 0 Å². The second kappa shape index (κ2) is 36.4. The third kappa shape index (κ3) is 28.8. The van der Waals surface area contributed by atoms with Crippen LogP contribution in [0.1, 0.15) is 136 Å². The van der Waals surface area contributed by atoms with Gasteiger partial charge in [-0.1, -0.05) is 127 Å². The van der Waals surface area contributed by atoms with Crippen LogP contribution in [0.3, 0.4) is 0 Å². The highest BCUT2D eigenvalue weighted by molar-refractivity contribution is 8.00. The molecule has 2 heterocycles. The summed E-state index contributed by atoms with van der Waals surface area (Å²) in [5, 5.41) is 40.4. The minimum absolute atomic E-state index is 0.0215. The molecule has 11 atom stereocenters. The zero-order valence-corrected chi connectivity index (χ0v) is 44.9. The average molecular weight is 1100 g/mol. The number of ether oxygens (including phenoxy) is 3. The highest BCUT2D eigenvalue weighted by atomic mass is 32.2. The van der Waals surface area contributed by atoms with E-state index in [1.165, 1.54) is 18.9 Å². The molecule has 0 spiro atoms. The predicted molar refractivity (Wildman–Crippen MR) is 276 cm³/mol. The number of aliphatic hydroxyl groups is 3. The number of carbonyl (C=O) groups excluding carboxylic acids is 2. The lowest BCUT2D eigenvalue weighted by Crippen LogP contribution is -2.40. The SMILES string of the molecule is CCCCC/C=C\C\C=C/C=C/C=C/[C@@H](SC[C@H](N)C(=O)O[C@H](COC(=O)CCCCCCCCC(C)CC)COP(=O)(O)OP(=O)(O)OC[C@H]1O[C@@H](n2ccc(N)nc2=O)[C@H](O)[C@@H]1O)[C@@H](O)CCCC(=O)O. The Morgan fingerprint density at radius 1 is 0.890 bits per heavy atom. The number of anilines is 1. The molecule has 1 fully saturated rings. The predicted octanol–water partition coefficient (Wildman–Crippen LogP) is 6.56. The lowest BCUT2D eigenvalue weighted by atomic mass is 10.00. The van der Waals surface area contributed by atoms with E-state index in [9.17, 15) is 53.4 Å². The van der Waals surface area contributed by atoms with Crippen molar-refractivity contribution >= 4 is 51.1 Å². The lowest BCUT2D eigenvalue weighted by molar-refractivity contribution is -0.161. The van der Waals surface area contributed by atoms with Gasteiger partial charge in [-0.05, 0) is 50.5 Å². The number of phosphoric acid groups is 2. The summed E-state index contributed by atoms with van der Waals surface area (Å²) in [7, 11) is -11.1. The van der Waals surface area contributed by atoms with Gasteiger partial charge in [0.1, 0.15) is 36.8 Å². The zero-order chi connectivity index (χ0) is 54.2. The molecule has 25 heteroatoms. The summed E-state index contributed by atoms with van der Waals surface area (Å²) in [6.07, 6.45) is 20.2. The summed E-state index contributed by atoms with van der Waals surface area (Å²) in [6, 6.07) is -0.162. The molecular formula is C48H80N4O18P2S. The van der Waals surface area contributed by atoms with Crippen molar-refractivity contribution in [3.8, 4) is 0 Å². The van der Waals surface area contributed by atoms with Crippen LogP contribution in [0.25, 0.3) is 0 Å². The molecule has 0 aliphatic carbocycles. The number of phosphoric ester groups is 2. The van der Waals surface area contributed by atoms with Crippen LogP contribution in [-0.4, -0.2) is 125 Å². The van der Waals surface area contributed by atoms with E-state index < -0.39 is 107 Å². The second-order valence-corrected chi connectivity index (χ2v) is 22.0. The van der Waals surface area contributed by atoms with E-state index in [0.717, 1.165) is 86.7 Å².